The van der Waals surface area contributed by atoms with E-state index in [4.69, 9.17) is 4.74 Å². The standard InChI is InChI=1S/C32H39N3O5S/c1-25(32(37)33-21-20-27-10-15-29(40-2)16-11-27)35(24-28-8-4-3-5-9-28)31(36)19-14-26-12-17-30(18-13-26)41(38,39)34-22-6-7-23-34/h3-5,8-13,15-18,25H,6-7,14,19-24H2,1-2H3,(H,33,37)/t25-/m1/s1. The van der Waals surface area contributed by atoms with E-state index in [0.717, 1.165) is 35.3 Å². The first-order valence-electron chi connectivity index (χ1n) is 14.1. The molecular formula is C32H39N3O5S. The summed E-state index contributed by atoms with van der Waals surface area (Å²) >= 11 is 0. The van der Waals surface area contributed by atoms with Crippen molar-refractivity contribution in [3.05, 3.63) is 95.6 Å². The molecule has 0 bridgehead atoms. The van der Waals surface area contributed by atoms with Gasteiger partial charge in [-0.2, -0.15) is 4.31 Å². The molecule has 3 aromatic carbocycles. The fourth-order valence-electron chi connectivity index (χ4n) is 4.93. The van der Waals surface area contributed by atoms with Crippen molar-refractivity contribution in [2.24, 2.45) is 0 Å². The van der Waals surface area contributed by atoms with E-state index in [1.54, 1.807) is 43.2 Å². The lowest BCUT2D eigenvalue weighted by atomic mass is 10.1. The summed E-state index contributed by atoms with van der Waals surface area (Å²) in [6, 6.07) is 23.4. The zero-order valence-electron chi connectivity index (χ0n) is 23.8. The van der Waals surface area contributed by atoms with Gasteiger partial charge in [0.15, 0.2) is 0 Å². The first kappa shape index (κ1) is 30.3. The molecule has 2 amide bonds. The Morgan fingerprint density at radius 1 is 0.878 bits per heavy atom. The number of ether oxygens (including phenoxy) is 1. The number of hydrogen-bond donors (Lipinski definition) is 1. The van der Waals surface area contributed by atoms with Crippen molar-refractivity contribution in [1.29, 1.82) is 0 Å². The summed E-state index contributed by atoms with van der Waals surface area (Å²) in [5.41, 5.74) is 2.89. The molecule has 3 aromatic rings. The van der Waals surface area contributed by atoms with E-state index >= 15 is 0 Å². The molecule has 1 saturated heterocycles. The van der Waals surface area contributed by atoms with E-state index < -0.39 is 16.1 Å². The maximum Gasteiger partial charge on any atom is 0.243 e. The van der Waals surface area contributed by atoms with Crippen molar-refractivity contribution < 1.29 is 22.7 Å². The lowest BCUT2D eigenvalue weighted by molar-refractivity contribution is -0.140. The quantitative estimate of drug-likeness (QED) is 0.329. The lowest BCUT2D eigenvalue weighted by Gasteiger charge is -2.29. The van der Waals surface area contributed by atoms with Crippen molar-refractivity contribution in [1.82, 2.24) is 14.5 Å². The van der Waals surface area contributed by atoms with Crippen LogP contribution >= 0.6 is 0 Å². The topological polar surface area (TPSA) is 96.0 Å². The molecule has 0 aliphatic carbocycles. The molecule has 0 aromatic heterocycles. The number of hydrogen-bond acceptors (Lipinski definition) is 5. The Kier molecular flexibility index (Phi) is 10.5. The number of nitrogens with zero attached hydrogens (tertiary/aromatic N) is 2. The predicted molar refractivity (Wildman–Crippen MR) is 159 cm³/mol. The summed E-state index contributed by atoms with van der Waals surface area (Å²) in [4.78, 5) is 28.4. The highest BCUT2D eigenvalue weighted by molar-refractivity contribution is 7.89. The van der Waals surface area contributed by atoms with Crippen molar-refractivity contribution >= 4 is 21.8 Å². The molecule has 0 unspecified atom stereocenters. The second-order valence-electron chi connectivity index (χ2n) is 10.3. The van der Waals surface area contributed by atoms with Crippen LogP contribution in [0.15, 0.2) is 83.8 Å². The molecule has 1 aliphatic rings. The SMILES string of the molecule is COc1ccc(CCNC(=O)[C@@H](C)N(Cc2ccccc2)C(=O)CCc2ccc(S(=O)(=O)N3CCCC3)cc2)cc1. The molecule has 1 atom stereocenters. The first-order chi connectivity index (χ1) is 19.8. The molecule has 1 N–H and O–H groups in total. The summed E-state index contributed by atoms with van der Waals surface area (Å²) in [7, 11) is -1.85. The van der Waals surface area contributed by atoms with Crippen LogP contribution in [0, 0.1) is 0 Å². The van der Waals surface area contributed by atoms with Crippen LogP contribution in [0.3, 0.4) is 0 Å². The number of carbonyl (C=O) groups is 2. The van der Waals surface area contributed by atoms with Crippen LogP contribution in [0.4, 0.5) is 0 Å². The average molecular weight is 578 g/mol. The molecule has 0 radical (unpaired) electrons. The van der Waals surface area contributed by atoms with Crippen LogP contribution in [-0.2, 0) is 39.0 Å². The van der Waals surface area contributed by atoms with Crippen LogP contribution in [0.2, 0.25) is 0 Å². The lowest BCUT2D eigenvalue weighted by Crippen LogP contribution is -2.48. The molecule has 1 heterocycles. The van der Waals surface area contributed by atoms with Crippen LogP contribution in [-0.4, -0.2) is 62.2 Å². The minimum absolute atomic E-state index is 0.138. The van der Waals surface area contributed by atoms with Crippen LogP contribution in [0.1, 0.15) is 42.9 Å². The fourth-order valence-corrected chi connectivity index (χ4v) is 6.45. The molecule has 218 valence electrons. The molecule has 4 rings (SSSR count). The summed E-state index contributed by atoms with van der Waals surface area (Å²) < 4.78 is 32.4. The number of carbonyl (C=O) groups excluding carboxylic acids is 2. The van der Waals surface area contributed by atoms with Gasteiger partial charge in [-0.1, -0.05) is 54.6 Å². The van der Waals surface area contributed by atoms with Gasteiger partial charge in [-0.15, -0.1) is 0 Å². The Morgan fingerprint density at radius 3 is 2.12 bits per heavy atom. The zero-order valence-corrected chi connectivity index (χ0v) is 24.6. The highest BCUT2D eigenvalue weighted by Gasteiger charge is 2.28. The molecule has 0 saturated carbocycles. The van der Waals surface area contributed by atoms with Crippen molar-refractivity contribution in [2.45, 2.75) is 56.5 Å². The van der Waals surface area contributed by atoms with Gasteiger partial charge < -0.3 is 15.0 Å². The summed E-state index contributed by atoms with van der Waals surface area (Å²) in [6.07, 6.45) is 3.09. The van der Waals surface area contributed by atoms with Gasteiger partial charge in [0.25, 0.3) is 0 Å². The van der Waals surface area contributed by atoms with Gasteiger partial charge >= 0.3 is 0 Å². The van der Waals surface area contributed by atoms with Gasteiger partial charge in [0.05, 0.1) is 12.0 Å². The van der Waals surface area contributed by atoms with Gasteiger partial charge in [0.2, 0.25) is 21.8 Å². The summed E-state index contributed by atoms with van der Waals surface area (Å²) in [5.74, 6) is 0.434. The number of aryl methyl sites for hydroxylation is 1. The molecular weight excluding hydrogens is 538 g/mol. The fraction of sp³-hybridized carbons (Fsp3) is 0.375. The number of benzene rings is 3. The Hall–Kier alpha value is -3.69. The monoisotopic (exact) mass is 577 g/mol. The van der Waals surface area contributed by atoms with E-state index in [2.05, 4.69) is 5.32 Å². The molecule has 1 aliphatic heterocycles. The van der Waals surface area contributed by atoms with Crippen LogP contribution in [0.5, 0.6) is 5.75 Å². The van der Waals surface area contributed by atoms with E-state index in [1.165, 1.54) is 4.31 Å². The largest absolute Gasteiger partial charge is 0.497 e. The maximum absolute atomic E-state index is 13.5. The van der Waals surface area contributed by atoms with Gasteiger partial charge in [0, 0.05) is 32.6 Å². The minimum Gasteiger partial charge on any atom is -0.497 e. The molecule has 0 spiro atoms. The van der Waals surface area contributed by atoms with Crippen LogP contribution in [0.25, 0.3) is 0 Å². The summed E-state index contributed by atoms with van der Waals surface area (Å²) in [6.45, 7) is 3.64. The van der Waals surface area contributed by atoms with Gasteiger partial charge in [0.1, 0.15) is 11.8 Å². The smallest absolute Gasteiger partial charge is 0.243 e. The normalized spacial score (nSPS) is 14.4. The Bertz CT molecular complexity index is 1390. The highest BCUT2D eigenvalue weighted by atomic mass is 32.2. The molecule has 8 nitrogen and oxygen atoms in total. The van der Waals surface area contributed by atoms with Gasteiger partial charge in [-0.05, 0) is 73.6 Å². The highest BCUT2D eigenvalue weighted by Crippen LogP contribution is 2.22. The number of methoxy groups -OCH3 is 1. The number of amides is 2. The number of rotatable bonds is 13. The average Bonchev–Trinajstić information content (AvgIpc) is 3.56. The molecule has 1 fully saturated rings. The van der Waals surface area contributed by atoms with Crippen molar-refractivity contribution in [2.75, 3.05) is 26.7 Å². The maximum atomic E-state index is 13.5. The summed E-state index contributed by atoms with van der Waals surface area (Å²) in [5, 5.41) is 2.97. The molecule has 9 heteroatoms. The van der Waals surface area contributed by atoms with Crippen LogP contribution < -0.4 is 10.1 Å². The second kappa shape index (κ2) is 14.3. The van der Waals surface area contributed by atoms with Gasteiger partial charge in [-0.25, -0.2) is 8.42 Å². The van der Waals surface area contributed by atoms with Gasteiger partial charge in [-0.3, -0.25) is 9.59 Å². The third-order valence-corrected chi connectivity index (χ3v) is 9.40. The van der Waals surface area contributed by atoms with Crippen molar-refractivity contribution in [3.63, 3.8) is 0 Å². The van der Waals surface area contributed by atoms with E-state index in [1.807, 2.05) is 54.6 Å². The number of sulfonamides is 1. The zero-order chi connectivity index (χ0) is 29.2. The Morgan fingerprint density at radius 2 is 1.49 bits per heavy atom. The predicted octanol–water partition coefficient (Wildman–Crippen LogP) is 4.19. The minimum atomic E-state index is -3.48. The Balaban J connectivity index is 1.37. The van der Waals surface area contributed by atoms with E-state index in [0.29, 0.717) is 39.0 Å². The number of nitrogens with one attached hydrogen (secondary N) is 1. The first-order valence-corrected chi connectivity index (χ1v) is 15.5. The van der Waals surface area contributed by atoms with E-state index in [9.17, 15) is 18.0 Å². The third-order valence-electron chi connectivity index (χ3n) is 7.49. The molecule has 41 heavy (non-hydrogen) atoms. The Labute approximate surface area is 243 Å². The second-order valence-corrected chi connectivity index (χ2v) is 12.3. The third kappa shape index (κ3) is 8.17. The van der Waals surface area contributed by atoms with E-state index in [-0.39, 0.29) is 23.1 Å². The van der Waals surface area contributed by atoms with Crippen molar-refractivity contribution in [3.8, 4) is 5.75 Å².